The topological polar surface area (TPSA) is 29.1 Å². The van der Waals surface area contributed by atoms with E-state index in [9.17, 15) is 4.21 Å². The summed E-state index contributed by atoms with van der Waals surface area (Å²) in [6, 6.07) is 0. The summed E-state index contributed by atoms with van der Waals surface area (Å²) >= 11 is 0. The molecular weight excluding hydrogens is 146 g/mol. The van der Waals surface area contributed by atoms with Crippen LogP contribution in [0.4, 0.5) is 0 Å². The third-order valence-corrected chi connectivity index (χ3v) is 1.71. The van der Waals surface area contributed by atoms with Gasteiger partial charge in [-0.3, -0.25) is 4.21 Å². The van der Waals surface area contributed by atoms with Crippen LogP contribution in [0.5, 0.6) is 0 Å². The summed E-state index contributed by atoms with van der Waals surface area (Å²) in [5, 5.41) is 4.89. The van der Waals surface area contributed by atoms with Crippen LogP contribution in [0.1, 0.15) is 20.3 Å². The first-order valence-corrected chi connectivity index (χ1v) is 5.09. The van der Waals surface area contributed by atoms with Crippen molar-refractivity contribution in [3.05, 3.63) is 11.1 Å². The van der Waals surface area contributed by atoms with Gasteiger partial charge in [0.2, 0.25) is 0 Å². The van der Waals surface area contributed by atoms with Gasteiger partial charge in [0, 0.05) is 34.7 Å². The summed E-state index contributed by atoms with van der Waals surface area (Å²) in [7, 11) is -0.822. The van der Waals surface area contributed by atoms with Gasteiger partial charge >= 0.3 is 0 Å². The van der Waals surface area contributed by atoms with E-state index in [1.807, 2.05) is 13.8 Å². The molecule has 0 aliphatic carbocycles. The Morgan fingerprint density at radius 3 is 2.50 bits per heavy atom. The average Bonchev–Trinajstić information content (AvgIpc) is 1.86. The van der Waals surface area contributed by atoms with Crippen LogP contribution in [0.3, 0.4) is 0 Å². The maximum atomic E-state index is 10.7. The summed E-state index contributed by atoms with van der Waals surface area (Å²) in [4.78, 5) is 0. The zero-order valence-corrected chi connectivity index (χ0v) is 7.62. The highest BCUT2D eigenvalue weighted by Crippen LogP contribution is 1.95. The van der Waals surface area contributed by atoms with Crippen molar-refractivity contribution in [1.29, 1.82) is 0 Å². The molecule has 0 aliphatic heterocycles. The molecule has 0 spiro atoms. The molecule has 10 heavy (non-hydrogen) atoms. The Labute approximate surface area is 65.2 Å². The average molecular weight is 161 g/mol. The summed E-state index contributed by atoms with van der Waals surface area (Å²) < 4.78 is 10.7. The van der Waals surface area contributed by atoms with Gasteiger partial charge in [0.25, 0.3) is 0 Å². The van der Waals surface area contributed by atoms with Crippen LogP contribution >= 0.6 is 0 Å². The fraction of sp³-hybridized carbons (Fsp3) is 0.714. The lowest BCUT2D eigenvalue weighted by Gasteiger charge is -2.03. The number of rotatable bonds is 4. The van der Waals surface area contributed by atoms with Crippen LogP contribution in [0.25, 0.3) is 0 Å². The van der Waals surface area contributed by atoms with Crippen molar-refractivity contribution in [2.75, 3.05) is 12.8 Å². The maximum absolute atomic E-state index is 10.7. The van der Waals surface area contributed by atoms with Crippen LogP contribution in [0.2, 0.25) is 0 Å². The lowest BCUT2D eigenvalue weighted by molar-refractivity contribution is 0.691. The van der Waals surface area contributed by atoms with E-state index in [2.05, 4.69) is 5.32 Å². The molecule has 0 aromatic heterocycles. The Hall–Kier alpha value is -0.310. The van der Waals surface area contributed by atoms with Crippen molar-refractivity contribution in [2.45, 2.75) is 20.3 Å². The molecule has 1 N–H and O–H groups in total. The fourth-order valence-corrected chi connectivity index (χ4v) is 1.33. The van der Waals surface area contributed by atoms with Crippen molar-refractivity contribution in [1.82, 2.24) is 5.32 Å². The second-order valence-electron chi connectivity index (χ2n) is 2.03. The fourth-order valence-electron chi connectivity index (χ4n) is 0.677. The van der Waals surface area contributed by atoms with Gasteiger partial charge < -0.3 is 5.32 Å². The number of hydrogen-bond acceptors (Lipinski definition) is 2. The molecule has 0 saturated heterocycles. The van der Waals surface area contributed by atoms with E-state index >= 15 is 0 Å². The molecule has 0 aliphatic rings. The highest BCUT2D eigenvalue weighted by Gasteiger charge is 1.90. The van der Waals surface area contributed by atoms with Crippen LogP contribution in [0, 0.1) is 0 Å². The van der Waals surface area contributed by atoms with Crippen molar-refractivity contribution < 1.29 is 4.21 Å². The zero-order valence-electron chi connectivity index (χ0n) is 6.81. The summed E-state index contributed by atoms with van der Waals surface area (Å²) in [5.41, 5.74) is 1.07. The predicted molar refractivity (Wildman–Crippen MR) is 46.1 cm³/mol. The van der Waals surface area contributed by atoms with Gasteiger partial charge in [-0.2, -0.15) is 0 Å². The molecule has 0 heterocycles. The highest BCUT2D eigenvalue weighted by molar-refractivity contribution is 7.87. The molecule has 0 bridgehead atoms. The lowest BCUT2D eigenvalue weighted by atomic mass is 10.4. The molecule has 0 aromatic carbocycles. The molecule has 0 aromatic rings. The molecule has 0 amide bonds. The summed E-state index contributed by atoms with van der Waals surface area (Å²) in [6.45, 7) is 4.97. The monoisotopic (exact) mass is 161 g/mol. The Morgan fingerprint density at radius 1 is 1.60 bits per heavy atom. The van der Waals surface area contributed by atoms with Crippen LogP contribution < -0.4 is 5.32 Å². The van der Waals surface area contributed by atoms with Crippen LogP contribution in [-0.2, 0) is 10.8 Å². The van der Waals surface area contributed by atoms with E-state index in [4.69, 9.17) is 0 Å². The van der Waals surface area contributed by atoms with E-state index in [0.29, 0.717) is 0 Å². The molecule has 0 rings (SSSR count). The van der Waals surface area contributed by atoms with Crippen LogP contribution in [-0.4, -0.2) is 17.0 Å². The van der Waals surface area contributed by atoms with E-state index in [-0.39, 0.29) is 0 Å². The number of hydrogen-bond donors (Lipinski definition) is 1. The molecule has 1 atom stereocenters. The summed E-state index contributed by atoms with van der Waals surface area (Å²) in [5.74, 6) is 0. The Balaban J connectivity index is 3.91. The van der Waals surface area contributed by atoms with Gasteiger partial charge in [0.15, 0.2) is 0 Å². The van der Waals surface area contributed by atoms with Crippen molar-refractivity contribution in [3.8, 4) is 0 Å². The zero-order chi connectivity index (χ0) is 7.98. The minimum absolute atomic E-state index is 0.822. The quantitative estimate of drug-likeness (QED) is 0.672. The third-order valence-electron chi connectivity index (χ3n) is 1.09. The third kappa shape index (κ3) is 4.56. The molecule has 1 unspecified atom stereocenters. The van der Waals surface area contributed by atoms with Crippen molar-refractivity contribution >= 4 is 10.8 Å². The van der Waals surface area contributed by atoms with Gasteiger partial charge in [0.1, 0.15) is 0 Å². The Morgan fingerprint density at radius 2 is 2.20 bits per heavy atom. The standard InChI is InChI=1S/C7H15NOS/c1-4-7(8-5-2)6-10(3)9/h6,8H,4-5H2,1-3H3. The first-order valence-electron chi connectivity index (χ1n) is 3.47. The second kappa shape index (κ2) is 5.47. The highest BCUT2D eigenvalue weighted by atomic mass is 32.2. The first-order chi connectivity index (χ1) is 4.70. The smallest absolute Gasteiger partial charge is 0.0441 e. The first kappa shape index (κ1) is 9.69. The molecule has 2 nitrogen and oxygen atoms in total. The Bertz CT molecular complexity index is 143. The van der Waals surface area contributed by atoms with E-state index in [1.165, 1.54) is 0 Å². The van der Waals surface area contributed by atoms with Gasteiger partial charge in [-0.25, -0.2) is 0 Å². The molecule has 60 valence electrons. The number of allylic oxidation sites excluding steroid dienone is 1. The van der Waals surface area contributed by atoms with E-state index < -0.39 is 10.8 Å². The SMILES string of the molecule is CCNC(=CS(C)=O)CC. The second-order valence-corrected chi connectivity index (χ2v) is 3.26. The summed E-state index contributed by atoms with van der Waals surface area (Å²) in [6.07, 6.45) is 2.60. The van der Waals surface area contributed by atoms with Gasteiger partial charge in [-0.1, -0.05) is 6.92 Å². The van der Waals surface area contributed by atoms with E-state index in [1.54, 1.807) is 11.7 Å². The normalized spacial score (nSPS) is 14.9. The van der Waals surface area contributed by atoms with Crippen LogP contribution in [0.15, 0.2) is 11.1 Å². The van der Waals surface area contributed by atoms with Gasteiger partial charge in [0.05, 0.1) is 0 Å². The molecule has 3 heteroatoms. The van der Waals surface area contributed by atoms with Crippen molar-refractivity contribution in [2.24, 2.45) is 0 Å². The minimum Gasteiger partial charge on any atom is -0.388 e. The maximum Gasteiger partial charge on any atom is 0.0441 e. The predicted octanol–water partition coefficient (Wildman–Crippen LogP) is 1.23. The Kier molecular flexibility index (Phi) is 5.30. The van der Waals surface area contributed by atoms with Crippen molar-refractivity contribution in [3.63, 3.8) is 0 Å². The minimum atomic E-state index is -0.822. The molecule has 0 radical (unpaired) electrons. The molecular formula is C7H15NOS. The largest absolute Gasteiger partial charge is 0.388 e. The van der Waals surface area contributed by atoms with E-state index in [0.717, 1.165) is 18.7 Å². The lowest BCUT2D eigenvalue weighted by Crippen LogP contribution is -2.11. The van der Waals surface area contributed by atoms with Gasteiger partial charge in [-0.15, -0.1) is 0 Å². The molecule has 0 fully saturated rings. The molecule has 0 saturated carbocycles. The number of nitrogens with one attached hydrogen (secondary N) is 1. The van der Waals surface area contributed by atoms with Gasteiger partial charge in [-0.05, 0) is 13.3 Å².